The van der Waals surface area contributed by atoms with Crippen LogP contribution >= 0.6 is 11.6 Å². The second-order valence-corrected chi connectivity index (χ2v) is 4.57. The zero-order valence-electron chi connectivity index (χ0n) is 8.66. The second kappa shape index (κ2) is 4.16. The number of halogens is 1. The fourth-order valence-electron chi connectivity index (χ4n) is 1.35. The summed E-state index contributed by atoms with van der Waals surface area (Å²) in [6.45, 7) is 3.61. The third-order valence-electron chi connectivity index (χ3n) is 1.92. The lowest BCUT2D eigenvalue weighted by Gasteiger charge is -2.18. The van der Waals surface area contributed by atoms with E-state index in [0.29, 0.717) is 17.0 Å². The first kappa shape index (κ1) is 11.9. The zero-order valence-corrected chi connectivity index (χ0v) is 9.41. The van der Waals surface area contributed by atoms with Crippen molar-refractivity contribution in [2.45, 2.75) is 25.8 Å². The van der Waals surface area contributed by atoms with Crippen molar-refractivity contribution < 1.29 is 4.92 Å². The molecule has 0 atom stereocenters. The van der Waals surface area contributed by atoms with E-state index in [0.717, 1.165) is 0 Å². The largest absolute Gasteiger partial charge is 0.325 e. The summed E-state index contributed by atoms with van der Waals surface area (Å²) in [6, 6.07) is 4.63. The smallest absolute Gasteiger partial charge is 0.274 e. The van der Waals surface area contributed by atoms with Crippen molar-refractivity contribution >= 4 is 17.3 Å². The number of rotatable bonds is 3. The third-order valence-corrected chi connectivity index (χ3v) is 2.28. The van der Waals surface area contributed by atoms with E-state index >= 15 is 0 Å². The normalized spacial score (nSPS) is 11.5. The summed E-state index contributed by atoms with van der Waals surface area (Å²) < 4.78 is 0. The van der Waals surface area contributed by atoms with Crippen molar-refractivity contribution in [2.75, 3.05) is 0 Å². The molecule has 0 bridgehead atoms. The number of nitrogens with two attached hydrogens (primary N) is 1. The second-order valence-electron chi connectivity index (χ2n) is 4.16. The molecule has 1 rings (SSSR count). The van der Waals surface area contributed by atoms with Crippen LogP contribution in [0.4, 0.5) is 5.69 Å². The minimum Gasteiger partial charge on any atom is -0.325 e. The molecular weight excluding hydrogens is 216 g/mol. The van der Waals surface area contributed by atoms with Crippen molar-refractivity contribution in [3.05, 3.63) is 38.9 Å². The van der Waals surface area contributed by atoms with Crippen LogP contribution in [0.1, 0.15) is 19.4 Å². The number of hydrogen-bond acceptors (Lipinski definition) is 3. The van der Waals surface area contributed by atoms with Crippen molar-refractivity contribution in [2.24, 2.45) is 5.73 Å². The Bertz CT molecular complexity index is 385. The van der Waals surface area contributed by atoms with Gasteiger partial charge in [0.15, 0.2) is 0 Å². The summed E-state index contributed by atoms with van der Waals surface area (Å²) in [5.41, 5.74) is 5.83. The van der Waals surface area contributed by atoms with Crippen molar-refractivity contribution in [1.82, 2.24) is 0 Å². The Morgan fingerprint density at radius 3 is 2.60 bits per heavy atom. The zero-order chi connectivity index (χ0) is 11.6. The van der Waals surface area contributed by atoms with E-state index in [4.69, 9.17) is 17.3 Å². The topological polar surface area (TPSA) is 69.2 Å². The van der Waals surface area contributed by atoms with Gasteiger partial charge in [-0.1, -0.05) is 17.7 Å². The Morgan fingerprint density at radius 1 is 1.53 bits per heavy atom. The van der Waals surface area contributed by atoms with Crippen LogP contribution in [0.3, 0.4) is 0 Å². The lowest BCUT2D eigenvalue weighted by atomic mass is 9.95. The highest BCUT2D eigenvalue weighted by Crippen LogP contribution is 2.28. The van der Waals surface area contributed by atoms with Crippen LogP contribution in [0, 0.1) is 10.1 Å². The SMILES string of the molecule is CC(C)(N)Cc1c(Cl)cccc1[N+](=O)[O-]. The van der Waals surface area contributed by atoms with E-state index in [1.807, 2.05) is 0 Å². The van der Waals surface area contributed by atoms with Gasteiger partial charge in [0, 0.05) is 11.6 Å². The number of nitro benzene ring substituents is 1. The molecule has 0 fully saturated rings. The predicted molar refractivity (Wildman–Crippen MR) is 60.1 cm³/mol. The van der Waals surface area contributed by atoms with Gasteiger partial charge in [0.1, 0.15) is 0 Å². The van der Waals surface area contributed by atoms with E-state index in [-0.39, 0.29) is 5.69 Å². The highest BCUT2D eigenvalue weighted by Gasteiger charge is 2.22. The van der Waals surface area contributed by atoms with E-state index in [1.54, 1.807) is 26.0 Å². The molecule has 82 valence electrons. The van der Waals surface area contributed by atoms with E-state index < -0.39 is 10.5 Å². The maximum absolute atomic E-state index is 10.8. The first-order valence-electron chi connectivity index (χ1n) is 4.52. The van der Waals surface area contributed by atoms with Gasteiger partial charge in [-0.15, -0.1) is 0 Å². The van der Waals surface area contributed by atoms with Crippen LogP contribution in [0.15, 0.2) is 18.2 Å². The Labute approximate surface area is 93.2 Å². The fourth-order valence-corrected chi connectivity index (χ4v) is 1.59. The Hall–Kier alpha value is -1.13. The highest BCUT2D eigenvalue weighted by atomic mass is 35.5. The summed E-state index contributed by atoms with van der Waals surface area (Å²) in [6.07, 6.45) is 0.378. The van der Waals surface area contributed by atoms with Gasteiger partial charge in [0.05, 0.1) is 15.5 Å². The average Bonchev–Trinajstić information content (AvgIpc) is 2.05. The number of nitro groups is 1. The molecule has 0 aliphatic heterocycles. The molecule has 1 aromatic rings. The monoisotopic (exact) mass is 228 g/mol. The van der Waals surface area contributed by atoms with Gasteiger partial charge in [-0.25, -0.2) is 0 Å². The van der Waals surface area contributed by atoms with Gasteiger partial charge in [0.25, 0.3) is 5.69 Å². The first-order valence-corrected chi connectivity index (χ1v) is 4.90. The number of hydrogen-bond donors (Lipinski definition) is 1. The predicted octanol–water partition coefficient (Wildman–Crippen LogP) is 2.53. The van der Waals surface area contributed by atoms with Gasteiger partial charge in [-0.2, -0.15) is 0 Å². The van der Waals surface area contributed by atoms with Crippen LogP contribution in [-0.4, -0.2) is 10.5 Å². The molecule has 4 nitrogen and oxygen atoms in total. The molecule has 0 saturated carbocycles. The minimum absolute atomic E-state index is 0.0287. The maximum Gasteiger partial charge on any atom is 0.274 e. The van der Waals surface area contributed by atoms with Gasteiger partial charge in [0.2, 0.25) is 0 Å². The molecular formula is C10H13ClN2O2. The molecule has 0 unspecified atom stereocenters. The standard InChI is InChI=1S/C10H13ClN2O2/c1-10(2,12)6-7-8(11)4-3-5-9(7)13(14)15/h3-5H,6,12H2,1-2H3. The first-order chi connectivity index (χ1) is 6.81. The molecule has 0 aliphatic rings. The van der Waals surface area contributed by atoms with Gasteiger partial charge >= 0.3 is 0 Å². The molecule has 0 aliphatic carbocycles. The highest BCUT2D eigenvalue weighted by molar-refractivity contribution is 6.31. The third kappa shape index (κ3) is 3.18. The van der Waals surface area contributed by atoms with Crippen molar-refractivity contribution in [3.8, 4) is 0 Å². The van der Waals surface area contributed by atoms with Crippen LogP contribution in [0.5, 0.6) is 0 Å². The Kier molecular flexibility index (Phi) is 3.31. The lowest BCUT2D eigenvalue weighted by Crippen LogP contribution is -2.34. The van der Waals surface area contributed by atoms with E-state index in [2.05, 4.69) is 0 Å². The Morgan fingerprint density at radius 2 is 2.13 bits per heavy atom. The summed E-state index contributed by atoms with van der Waals surface area (Å²) in [7, 11) is 0. The van der Waals surface area contributed by atoms with Gasteiger partial charge < -0.3 is 5.73 Å². The Balaban J connectivity index is 3.19. The van der Waals surface area contributed by atoms with Crippen LogP contribution in [0.2, 0.25) is 5.02 Å². The molecule has 0 aromatic heterocycles. The van der Waals surface area contributed by atoms with Crippen LogP contribution in [0.25, 0.3) is 0 Å². The average molecular weight is 229 g/mol. The van der Waals surface area contributed by atoms with Gasteiger partial charge in [-0.3, -0.25) is 10.1 Å². The summed E-state index contributed by atoms with van der Waals surface area (Å²) in [4.78, 5) is 10.3. The quantitative estimate of drug-likeness (QED) is 0.639. The van der Waals surface area contributed by atoms with E-state index in [1.165, 1.54) is 6.07 Å². The summed E-state index contributed by atoms with van der Waals surface area (Å²) in [5, 5.41) is 11.2. The van der Waals surface area contributed by atoms with Crippen molar-refractivity contribution in [1.29, 1.82) is 0 Å². The minimum atomic E-state index is -0.518. The van der Waals surface area contributed by atoms with Crippen molar-refractivity contribution in [3.63, 3.8) is 0 Å². The van der Waals surface area contributed by atoms with Gasteiger partial charge in [-0.05, 0) is 26.3 Å². The molecule has 1 aromatic carbocycles. The summed E-state index contributed by atoms with van der Waals surface area (Å²) >= 11 is 5.92. The fraction of sp³-hybridized carbons (Fsp3) is 0.400. The molecule has 0 saturated heterocycles. The molecule has 0 heterocycles. The molecule has 5 heteroatoms. The molecule has 15 heavy (non-hydrogen) atoms. The molecule has 2 N–H and O–H groups in total. The number of nitrogens with zero attached hydrogens (tertiary/aromatic N) is 1. The van der Waals surface area contributed by atoms with E-state index in [9.17, 15) is 10.1 Å². The summed E-state index contributed by atoms with van der Waals surface area (Å²) in [5.74, 6) is 0. The maximum atomic E-state index is 10.8. The molecule has 0 amide bonds. The van der Waals surface area contributed by atoms with Crippen LogP contribution < -0.4 is 5.73 Å². The molecule has 0 spiro atoms. The lowest BCUT2D eigenvalue weighted by molar-refractivity contribution is -0.385. The van der Waals surface area contributed by atoms with Crippen LogP contribution in [-0.2, 0) is 6.42 Å². The molecule has 0 radical (unpaired) electrons. The number of benzene rings is 1.